The SMILES string of the molecule is C[C@H](NC(=O)CN1CCOCC1)c1ccc2c(c1)CCCC2. The molecule has 0 bridgehead atoms. The molecule has 1 aromatic rings. The molecule has 1 amide bonds. The molecule has 0 saturated carbocycles. The number of nitrogens with one attached hydrogen (secondary N) is 1. The summed E-state index contributed by atoms with van der Waals surface area (Å²) in [6.45, 7) is 5.70. The second-order valence-electron chi connectivity index (χ2n) is 6.41. The van der Waals surface area contributed by atoms with Crippen molar-refractivity contribution in [2.75, 3.05) is 32.8 Å². The van der Waals surface area contributed by atoms with Gasteiger partial charge >= 0.3 is 0 Å². The second kappa shape index (κ2) is 7.25. The maximum atomic E-state index is 12.2. The first-order valence-electron chi connectivity index (χ1n) is 8.43. The Bertz CT molecular complexity index is 524. The topological polar surface area (TPSA) is 41.6 Å². The Hall–Kier alpha value is -1.39. The number of morpholine rings is 1. The summed E-state index contributed by atoms with van der Waals surface area (Å²) in [5.74, 6) is 0.104. The van der Waals surface area contributed by atoms with Crippen LogP contribution in [0, 0.1) is 0 Å². The third-order valence-corrected chi connectivity index (χ3v) is 4.72. The van der Waals surface area contributed by atoms with E-state index in [-0.39, 0.29) is 11.9 Å². The van der Waals surface area contributed by atoms with Crippen LogP contribution < -0.4 is 5.32 Å². The van der Waals surface area contributed by atoms with Gasteiger partial charge in [0.2, 0.25) is 5.91 Å². The Morgan fingerprint density at radius 2 is 1.95 bits per heavy atom. The van der Waals surface area contributed by atoms with E-state index in [0.717, 1.165) is 26.3 Å². The molecule has 3 rings (SSSR count). The molecule has 2 aliphatic rings. The largest absolute Gasteiger partial charge is 0.379 e. The Balaban J connectivity index is 1.56. The first kappa shape index (κ1) is 15.5. The predicted octanol–water partition coefficient (Wildman–Crippen LogP) is 2.07. The van der Waals surface area contributed by atoms with E-state index in [0.29, 0.717) is 6.54 Å². The second-order valence-corrected chi connectivity index (χ2v) is 6.41. The zero-order valence-corrected chi connectivity index (χ0v) is 13.4. The number of amides is 1. The van der Waals surface area contributed by atoms with Gasteiger partial charge in [0.1, 0.15) is 0 Å². The summed E-state index contributed by atoms with van der Waals surface area (Å²) in [4.78, 5) is 14.3. The number of ether oxygens (including phenoxy) is 1. The highest BCUT2D eigenvalue weighted by atomic mass is 16.5. The van der Waals surface area contributed by atoms with Crippen molar-refractivity contribution in [3.05, 3.63) is 34.9 Å². The summed E-state index contributed by atoms with van der Waals surface area (Å²) in [5.41, 5.74) is 4.18. The van der Waals surface area contributed by atoms with Gasteiger partial charge < -0.3 is 10.1 Å². The van der Waals surface area contributed by atoms with Crippen LogP contribution in [0.5, 0.6) is 0 Å². The molecule has 1 fully saturated rings. The molecule has 22 heavy (non-hydrogen) atoms. The highest BCUT2D eigenvalue weighted by molar-refractivity contribution is 5.78. The third kappa shape index (κ3) is 3.87. The minimum Gasteiger partial charge on any atom is -0.379 e. The molecule has 4 nitrogen and oxygen atoms in total. The molecular weight excluding hydrogens is 276 g/mol. The number of carbonyl (C=O) groups excluding carboxylic acids is 1. The average Bonchev–Trinajstić information content (AvgIpc) is 2.55. The molecule has 0 spiro atoms. The minimum atomic E-state index is 0.0702. The lowest BCUT2D eigenvalue weighted by Gasteiger charge is -2.26. The molecule has 0 radical (unpaired) electrons. The molecule has 1 N–H and O–H groups in total. The Morgan fingerprint density at radius 3 is 2.73 bits per heavy atom. The maximum Gasteiger partial charge on any atom is 0.234 e. The highest BCUT2D eigenvalue weighted by Crippen LogP contribution is 2.24. The fourth-order valence-electron chi connectivity index (χ4n) is 3.36. The van der Waals surface area contributed by atoms with E-state index in [1.807, 2.05) is 0 Å². The van der Waals surface area contributed by atoms with Crippen molar-refractivity contribution in [3.8, 4) is 0 Å². The van der Waals surface area contributed by atoms with Crippen molar-refractivity contribution in [3.63, 3.8) is 0 Å². The van der Waals surface area contributed by atoms with E-state index in [9.17, 15) is 4.79 Å². The van der Waals surface area contributed by atoms with Crippen LogP contribution in [0.25, 0.3) is 0 Å². The number of hydrogen-bond donors (Lipinski definition) is 1. The highest BCUT2D eigenvalue weighted by Gasteiger charge is 2.17. The zero-order chi connectivity index (χ0) is 15.4. The first-order valence-corrected chi connectivity index (χ1v) is 8.43. The maximum absolute atomic E-state index is 12.2. The van der Waals surface area contributed by atoms with Crippen molar-refractivity contribution in [1.29, 1.82) is 0 Å². The van der Waals surface area contributed by atoms with Gasteiger partial charge in [-0.15, -0.1) is 0 Å². The lowest BCUT2D eigenvalue weighted by atomic mass is 9.89. The number of carbonyl (C=O) groups is 1. The fourth-order valence-corrected chi connectivity index (χ4v) is 3.36. The van der Waals surface area contributed by atoms with E-state index in [1.54, 1.807) is 0 Å². The Morgan fingerprint density at radius 1 is 1.23 bits per heavy atom. The van der Waals surface area contributed by atoms with Gasteiger partial charge in [-0.3, -0.25) is 9.69 Å². The number of fused-ring (bicyclic) bond motifs is 1. The molecule has 1 aliphatic carbocycles. The normalized spacial score (nSPS) is 20.2. The molecule has 120 valence electrons. The first-order chi connectivity index (χ1) is 10.7. The van der Waals surface area contributed by atoms with Crippen LogP contribution in [-0.4, -0.2) is 43.7 Å². The van der Waals surface area contributed by atoms with Crippen molar-refractivity contribution < 1.29 is 9.53 Å². The third-order valence-electron chi connectivity index (χ3n) is 4.72. The van der Waals surface area contributed by atoms with Crippen LogP contribution in [0.2, 0.25) is 0 Å². The molecular formula is C18H26N2O2. The van der Waals surface area contributed by atoms with E-state index < -0.39 is 0 Å². The lowest BCUT2D eigenvalue weighted by molar-refractivity contribution is -0.123. The number of aryl methyl sites for hydroxylation is 2. The molecule has 4 heteroatoms. The van der Waals surface area contributed by atoms with Crippen molar-refractivity contribution in [1.82, 2.24) is 10.2 Å². The molecule has 1 aromatic carbocycles. The number of rotatable bonds is 4. The molecule has 1 aliphatic heterocycles. The monoisotopic (exact) mass is 302 g/mol. The van der Waals surface area contributed by atoms with E-state index in [2.05, 4.69) is 35.3 Å². The van der Waals surface area contributed by atoms with Crippen LogP contribution >= 0.6 is 0 Å². The van der Waals surface area contributed by atoms with Gasteiger partial charge in [0, 0.05) is 13.1 Å². The summed E-state index contributed by atoms with van der Waals surface area (Å²) in [7, 11) is 0. The van der Waals surface area contributed by atoms with E-state index >= 15 is 0 Å². The lowest BCUT2D eigenvalue weighted by Crippen LogP contribution is -2.43. The molecule has 0 aromatic heterocycles. The van der Waals surface area contributed by atoms with Crippen molar-refractivity contribution in [2.45, 2.75) is 38.6 Å². The van der Waals surface area contributed by atoms with Crippen LogP contribution in [-0.2, 0) is 22.4 Å². The van der Waals surface area contributed by atoms with Gasteiger partial charge in [0.25, 0.3) is 0 Å². The van der Waals surface area contributed by atoms with Gasteiger partial charge in [0.15, 0.2) is 0 Å². The zero-order valence-electron chi connectivity index (χ0n) is 13.4. The molecule has 1 heterocycles. The predicted molar refractivity (Wildman–Crippen MR) is 86.9 cm³/mol. The van der Waals surface area contributed by atoms with E-state index in [1.165, 1.54) is 42.4 Å². The van der Waals surface area contributed by atoms with Crippen LogP contribution in [0.15, 0.2) is 18.2 Å². The molecule has 1 atom stereocenters. The number of nitrogens with zero attached hydrogens (tertiary/aromatic N) is 1. The standard InChI is InChI=1S/C18H26N2O2/c1-14(19-18(21)13-20-8-10-22-11-9-20)16-7-6-15-4-2-3-5-17(15)12-16/h6-7,12,14H,2-5,8-11,13H2,1H3,(H,19,21)/t14-/m0/s1. The fraction of sp³-hybridized carbons (Fsp3) is 0.611. The van der Waals surface area contributed by atoms with Gasteiger partial charge in [-0.25, -0.2) is 0 Å². The molecule has 0 unspecified atom stereocenters. The summed E-state index contributed by atoms with van der Waals surface area (Å²) >= 11 is 0. The summed E-state index contributed by atoms with van der Waals surface area (Å²) in [5, 5.41) is 3.13. The minimum absolute atomic E-state index is 0.0702. The Kier molecular flexibility index (Phi) is 5.11. The quantitative estimate of drug-likeness (QED) is 0.926. The number of benzene rings is 1. The summed E-state index contributed by atoms with van der Waals surface area (Å²) in [6.07, 6.45) is 4.97. The van der Waals surface area contributed by atoms with Crippen LogP contribution in [0.4, 0.5) is 0 Å². The summed E-state index contributed by atoms with van der Waals surface area (Å²) < 4.78 is 5.31. The van der Waals surface area contributed by atoms with Gasteiger partial charge in [-0.05, 0) is 49.3 Å². The van der Waals surface area contributed by atoms with Gasteiger partial charge in [-0.1, -0.05) is 18.2 Å². The average molecular weight is 302 g/mol. The smallest absolute Gasteiger partial charge is 0.234 e. The number of hydrogen-bond acceptors (Lipinski definition) is 3. The van der Waals surface area contributed by atoms with Crippen molar-refractivity contribution >= 4 is 5.91 Å². The Labute approximate surface area is 132 Å². The molecule has 1 saturated heterocycles. The van der Waals surface area contributed by atoms with E-state index in [4.69, 9.17) is 4.74 Å². The van der Waals surface area contributed by atoms with Crippen molar-refractivity contribution in [2.24, 2.45) is 0 Å². The van der Waals surface area contributed by atoms with Crippen LogP contribution in [0.3, 0.4) is 0 Å². The van der Waals surface area contributed by atoms with Gasteiger partial charge in [0.05, 0.1) is 25.8 Å². The van der Waals surface area contributed by atoms with Crippen LogP contribution in [0.1, 0.15) is 42.5 Å². The van der Waals surface area contributed by atoms with Gasteiger partial charge in [-0.2, -0.15) is 0 Å². The summed E-state index contributed by atoms with van der Waals surface area (Å²) in [6, 6.07) is 6.77.